The highest BCUT2D eigenvalue weighted by Gasteiger charge is 2.37. The summed E-state index contributed by atoms with van der Waals surface area (Å²) in [6, 6.07) is 10.8. The smallest absolute Gasteiger partial charge is 0.321 e. The van der Waals surface area contributed by atoms with Crippen LogP contribution in [0.3, 0.4) is 0 Å². The number of carbonyl (C=O) groups excluding carboxylic acids is 2. The number of fused-ring (bicyclic) bond motifs is 4. The molecule has 8 heteroatoms. The van der Waals surface area contributed by atoms with Crippen molar-refractivity contribution in [3.05, 3.63) is 52.4 Å². The second-order valence-corrected chi connectivity index (χ2v) is 9.77. The van der Waals surface area contributed by atoms with Crippen LogP contribution in [0.2, 0.25) is 0 Å². The molecule has 1 aliphatic carbocycles. The van der Waals surface area contributed by atoms with Crippen molar-refractivity contribution >= 4 is 23.3 Å². The van der Waals surface area contributed by atoms with Gasteiger partial charge in [0.25, 0.3) is 5.56 Å². The predicted molar refractivity (Wildman–Crippen MR) is 130 cm³/mol. The molecule has 2 bridgehead atoms. The summed E-state index contributed by atoms with van der Waals surface area (Å²) in [7, 11) is 1.61. The van der Waals surface area contributed by atoms with E-state index in [2.05, 4.69) is 10.6 Å². The van der Waals surface area contributed by atoms with E-state index in [1.807, 2.05) is 39.8 Å². The minimum Gasteiger partial charge on any atom is -0.497 e. The summed E-state index contributed by atoms with van der Waals surface area (Å²) < 4.78 is 6.98. The molecule has 3 aliphatic rings. The molecule has 1 saturated heterocycles. The number of urea groups is 1. The van der Waals surface area contributed by atoms with E-state index in [9.17, 15) is 14.4 Å². The number of carbonyl (C=O) groups is 2. The molecule has 2 aliphatic heterocycles. The van der Waals surface area contributed by atoms with Crippen LogP contribution in [-0.2, 0) is 11.3 Å². The minimum absolute atomic E-state index is 0.00587. The first-order valence-corrected chi connectivity index (χ1v) is 12.3. The Kier molecular flexibility index (Phi) is 6.30. The number of aromatic nitrogens is 1. The maximum atomic E-state index is 13.2. The van der Waals surface area contributed by atoms with Crippen molar-refractivity contribution in [1.29, 1.82) is 0 Å². The number of ether oxygens (including phenoxy) is 1. The van der Waals surface area contributed by atoms with E-state index in [1.54, 1.807) is 13.2 Å². The van der Waals surface area contributed by atoms with Gasteiger partial charge in [-0.15, -0.1) is 0 Å². The zero-order valence-electron chi connectivity index (χ0n) is 19.6. The fourth-order valence-electron chi connectivity index (χ4n) is 5.68. The van der Waals surface area contributed by atoms with Gasteiger partial charge in [-0.25, -0.2) is 4.79 Å². The number of amides is 3. The molecule has 1 aromatic carbocycles. The molecule has 0 unspecified atom stereocenters. The summed E-state index contributed by atoms with van der Waals surface area (Å²) in [4.78, 5) is 40.7. The molecule has 0 radical (unpaired) electrons. The summed E-state index contributed by atoms with van der Waals surface area (Å²) in [6.07, 6.45) is 6.09. The molecular weight excluding hydrogens is 432 g/mol. The van der Waals surface area contributed by atoms with Crippen LogP contribution >= 0.6 is 0 Å². The molecule has 1 aromatic heterocycles. The first kappa shape index (κ1) is 22.5. The van der Waals surface area contributed by atoms with Gasteiger partial charge >= 0.3 is 6.03 Å². The number of nitrogens with zero attached hydrogens (tertiary/aromatic N) is 2. The Balaban J connectivity index is 1.28. The molecule has 2 fully saturated rings. The van der Waals surface area contributed by atoms with Gasteiger partial charge in [-0.05, 0) is 61.6 Å². The lowest BCUT2D eigenvalue weighted by atomic mass is 9.83. The van der Waals surface area contributed by atoms with E-state index in [1.165, 1.54) is 6.42 Å². The number of piperidine rings is 1. The topological polar surface area (TPSA) is 92.7 Å². The monoisotopic (exact) mass is 464 g/mol. The molecule has 5 rings (SSSR count). The van der Waals surface area contributed by atoms with Crippen LogP contribution in [0.15, 0.2) is 41.2 Å². The summed E-state index contributed by atoms with van der Waals surface area (Å²) in [5, 5.41) is 5.87. The van der Waals surface area contributed by atoms with Gasteiger partial charge in [0.15, 0.2) is 0 Å². The Bertz CT molecular complexity index is 1120. The van der Waals surface area contributed by atoms with Crippen molar-refractivity contribution in [2.75, 3.05) is 30.8 Å². The molecule has 1 saturated carbocycles. The largest absolute Gasteiger partial charge is 0.497 e. The zero-order chi connectivity index (χ0) is 23.7. The van der Waals surface area contributed by atoms with Gasteiger partial charge in [0.05, 0.1) is 7.11 Å². The van der Waals surface area contributed by atoms with Gasteiger partial charge in [-0.3, -0.25) is 9.59 Å². The van der Waals surface area contributed by atoms with Gasteiger partial charge in [-0.2, -0.15) is 0 Å². The van der Waals surface area contributed by atoms with Crippen LogP contribution in [0, 0.1) is 11.8 Å². The third kappa shape index (κ3) is 4.54. The van der Waals surface area contributed by atoms with Crippen molar-refractivity contribution in [3.8, 4) is 5.75 Å². The van der Waals surface area contributed by atoms with E-state index in [0.717, 1.165) is 49.2 Å². The second kappa shape index (κ2) is 9.52. The Morgan fingerprint density at radius 3 is 2.44 bits per heavy atom. The van der Waals surface area contributed by atoms with Gasteiger partial charge in [-0.1, -0.05) is 19.3 Å². The van der Waals surface area contributed by atoms with Crippen molar-refractivity contribution in [2.24, 2.45) is 11.8 Å². The first-order chi connectivity index (χ1) is 16.5. The number of anilines is 2. The van der Waals surface area contributed by atoms with E-state index in [-0.39, 0.29) is 35.3 Å². The number of rotatable bonds is 4. The summed E-state index contributed by atoms with van der Waals surface area (Å²) >= 11 is 0. The zero-order valence-corrected chi connectivity index (χ0v) is 19.6. The van der Waals surface area contributed by atoms with Crippen LogP contribution in [-0.4, -0.2) is 41.6 Å². The highest BCUT2D eigenvalue weighted by molar-refractivity contribution is 5.92. The van der Waals surface area contributed by atoms with Crippen molar-refractivity contribution in [1.82, 2.24) is 9.47 Å². The average molecular weight is 465 g/mol. The fraction of sp³-hybridized carbons (Fsp3) is 0.500. The highest BCUT2D eigenvalue weighted by Crippen LogP contribution is 2.36. The van der Waals surface area contributed by atoms with Gasteiger partial charge in [0.2, 0.25) is 5.91 Å². The Morgan fingerprint density at radius 1 is 0.941 bits per heavy atom. The molecule has 3 amide bonds. The molecule has 0 spiro atoms. The fourth-order valence-corrected chi connectivity index (χ4v) is 5.68. The highest BCUT2D eigenvalue weighted by atomic mass is 16.5. The van der Waals surface area contributed by atoms with Crippen LogP contribution in [0.4, 0.5) is 16.2 Å². The van der Waals surface area contributed by atoms with Crippen LogP contribution in [0.1, 0.15) is 50.1 Å². The number of hydrogen-bond donors (Lipinski definition) is 2. The molecule has 2 N–H and O–H groups in total. The maximum Gasteiger partial charge on any atom is 0.321 e. The molecule has 180 valence electrons. The summed E-state index contributed by atoms with van der Waals surface area (Å²) in [5.41, 5.74) is 1.90. The summed E-state index contributed by atoms with van der Waals surface area (Å²) in [6.45, 7) is 1.72. The number of nitrogens with one attached hydrogen (secondary N) is 2. The standard InChI is InChI=1S/C26H32N4O4/c1-34-21-9-7-20(8-10-21)27-26(33)29-14-17-13-19(16-29)23-12-11-22(25(32)30(23)15-17)28-24(31)18-5-3-2-4-6-18/h7-12,17-19H,2-6,13-16H2,1H3,(H,27,33)(H,28,31)/t17-,19+/m0/s1. The molecule has 8 nitrogen and oxygen atoms in total. The van der Waals surface area contributed by atoms with Crippen LogP contribution in [0.25, 0.3) is 0 Å². The molecule has 3 heterocycles. The predicted octanol–water partition coefficient (Wildman–Crippen LogP) is 4.03. The summed E-state index contributed by atoms with van der Waals surface area (Å²) in [5.74, 6) is 1.02. The van der Waals surface area contributed by atoms with Crippen molar-refractivity contribution in [3.63, 3.8) is 0 Å². The van der Waals surface area contributed by atoms with Gasteiger partial charge < -0.3 is 24.8 Å². The van der Waals surface area contributed by atoms with Crippen molar-refractivity contribution < 1.29 is 14.3 Å². The van der Waals surface area contributed by atoms with Crippen LogP contribution < -0.4 is 20.9 Å². The number of pyridine rings is 1. The normalized spacial score (nSPS) is 22.0. The lowest BCUT2D eigenvalue weighted by Crippen LogP contribution is -2.50. The molecule has 34 heavy (non-hydrogen) atoms. The molecule has 2 aromatic rings. The third-order valence-electron chi connectivity index (χ3n) is 7.47. The van der Waals surface area contributed by atoms with Crippen LogP contribution in [0.5, 0.6) is 5.75 Å². The first-order valence-electron chi connectivity index (χ1n) is 12.3. The number of likely N-dealkylation sites (tertiary alicyclic amines) is 1. The third-order valence-corrected chi connectivity index (χ3v) is 7.47. The molecule has 2 atom stereocenters. The van der Waals surface area contributed by atoms with E-state index in [4.69, 9.17) is 4.74 Å². The SMILES string of the molecule is COc1ccc(NC(=O)N2C[C@@H]3C[C@H](C2)c2ccc(NC(=O)C4CCCCC4)c(=O)n2C3)cc1. The lowest BCUT2D eigenvalue weighted by Gasteiger charge is -2.42. The Labute approximate surface area is 199 Å². The number of benzene rings is 1. The van der Waals surface area contributed by atoms with Gasteiger partial charge in [0.1, 0.15) is 11.4 Å². The molecular formula is C26H32N4O4. The second-order valence-electron chi connectivity index (χ2n) is 9.77. The quantitative estimate of drug-likeness (QED) is 0.715. The van der Waals surface area contributed by atoms with Crippen molar-refractivity contribution in [2.45, 2.75) is 51.0 Å². The lowest BCUT2D eigenvalue weighted by molar-refractivity contribution is -0.120. The number of methoxy groups -OCH3 is 1. The van der Waals surface area contributed by atoms with E-state index >= 15 is 0 Å². The minimum atomic E-state index is -0.132. The average Bonchev–Trinajstić information content (AvgIpc) is 2.87. The Hall–Kier alpha value is -3.29. The van der Waals surface area contributed by atoms with E-state index < -0.39 is 0 Å². The van der Waals surface area contributed by atoms with Gasteiger partial charge in [0, 0.05) is 42.9 Å². The van der Waals surface area contributed by atoms with E-state index in [0.29, 0.717) is 25.3 Å². The maximum absolute atomic E-state index is 13.2. The Morgan fingerprint density at radius 2 is 1.71 bits per heavy atom. The number of hydrogen-bond acceptors (Lipinski definition) is 4.